The summed E-state index contributed by atoms with van der Waals surface area (Å²) in [6.07, 6.45) is 4.83. The van der Waals surface area contributed by atoms with Gasteiger partial charge in [0, 0.05) is 17.5 Å². The number of methoxy groups -OCH3 is 1. The van der Waals surface area contributed by atoms with Crippen molar-refractivity contribution in [2.24, 2.45) is 0 Å². The molecule has 1 aliphatic carbocycles. The first kappa shape index (κ1) is 32.4. The summed E-state index contributed by atoms with van der Waals surface area (Å²) in [4.78, 5) is 11.1. The second-order valence-electron chi connectivity index (χ2n) is 10.5. The van der Waals surface area contributed by atoms with E-state index in [0.717, 1.165) is 41.4 Å². The number of phenols is 1. The number of halogens is 1. The fraction of sp³-hybridized carbons (Fsp3) is 0.516. The van der Waals surface area contributed by atoms with Crippen LogP contribution in [0.25, 0.3) is 0 Å². The molecular weight excluding hydrogens is 498 g/mol. The summed E-state index contributed by atoms with van der Waals surface area (Å²) < 4.78 is 35.9. The Hall–Kier alpha value is -2.84. The third-order valence-electron chi connectivity index (χ3n) is 7.29. The van der Waals surface area contributed by atoms with Crippen molar-refractivity contribution in [3.8, 4) is 11.5 Å². The Bertz CT molecular complexity index is 1110. The van der Waals surface area contributed by atoms with Crippen molar-refractivity contribution >= 4 is 18.6 Å². The molecule has 0 spiro atoms. The van der Waals surface area contributed by atoms with Crippen LogP contribution >= 0.6 is 0 Å². The molecule has 0 unspecified atom stereocenters. The number of fused-ring (bicyclic) bond motifs is 2. The summed E-state index contributed by atoms with van der Waals surface area (Å²) in [5.41, 5.74) is 3.21. The van der Waals surface area contributed by atoms with Crippen LogP contribution in [0.5, 0.6) is 11.5 Å². The Morgan fingerprint density at radius 3 is 2.31 bits per heavy atom. The molecule has 0 amide bonds. The largest absolute Gasteiger partial charge is 0.508 e. The predicted octanol–water partition coefficient (Wildman–Crippen LogP) is 6.26. The zero-order valence-corrected chi connectivity index (χ0v) is 24.7. The standard InChI is InChI=1S/C15H20BFO2.C11H12O4.C3H6.C2H6/c1-14(2)15(3,4)19-16(18-14)12-8-9-13(17)11-7-5-6-10(11)12;1-14-11(13)4-7-6-15-10-5-8(12)2-3-9(7)10;1-3-2;1-2/h8-9H,5-7H2,1-4H3;2-3,5,7,12H,4,6H2,1H3;3H,1H2,2H3;1-2H3/t;7-;;/m.1../s1. The van der Waals surface area contributed by atoms with Crippen LogP contribution < -0.4 is 10.2 Å². The Labute approximate surface area is 233 Å². The molecule has 2 aromatic rings. The normalized spacial score (nSPS) is 19.0. The van der Waals surface area contributed by atoms with Crippen molar-refractivity contribution in [1.82, 2.24) is 0 Å². The van der Waals surface area contributed by atoms with Gasteiger partial charge in [-0.25, -0.2) is 4.39 Å². The molecule has 0 radical (unpaired) electrons. The van der Waals surface area contributed by atoms with Gasteiger partial charge in [0.25, 0.3) is 0 Å². The van der Waals surface area contributed by atoms with E-state index >= 15 is 0 Å². The molecule has 0 saturated carbocycles. The summed E-state index contributed by atoms with van der Waals surface area (Å²) in [6.45, 7) is 17.9. The van der Waals surface area contributed by atoms with Crippen LogP contribution in [0, 0.1) is 5.82 Å². The lowest BCUT2D eigenvalue weighted by atomic mass is 9.75. The second-order valence-corrected chi connectivity index (χ2v) is 10.5. The first-order chi connectivity index (χ1) is 18.4. The SMILES string of the molecule is C=CC.CC.CC1(C)OB(c2ccc(F)c3c2CCC3)OC1(C)C.COC(=O)C[C@@H]1COc2cc(O)ccc21. The number of esters is 1. The molecular formula is C31H44BFO6. The maximum Gasteiger partial charge on any atom is 0.495 e. The summed E-state index contributed by atoms with van der Waals surface area (Å²) in [6, 6.07) is 8.31. The minimum absolute atomic E-state index is 0.0352. The third kappa shape index (κ3) is 7.64. The molecule has 2 aromatic carbocycles. The minimum Gasteiger partial charge on any atom is -0.508 e. The third-order valence-corrected chi connectivity index (χ3v) is 7.29. The Balaban J connectivity index is 0.000000240. The molecule has 5 rings (SSSR count). The highest BCUT2D eigenvalue weighted by molar-refractivity contribution is 6.62. The van der Waals surface area contributed by atoms with E-state index in [-0.39, 0.29) is 41.8 Å². The van der Waals surface area contributed by atoms with Crippen LogP contribution in [0.2, 0.25) is 0 Å². The molecule has 0 bridgehead atoms. The van der Waals surface area contributed by atoms with Crippen molar-refractivity contribution in [3.05, 3.63) is 65.5 Å². The van der Waals surface area contributed by atoms with Crippen molar-refractivity contribution in [2.45, 2.75) is 91.3 Å². The summed E-state index contributed by atoms with van der Waals surface area (Å²) in [5, 5.41) is 9.24. The van der Waals surface area contributed by atoms with Gasteiger partial charge in [-0.2, -0.15) is 0 Å². The van der Waals surface area contributed by atoms with E-state index in [2.05, 4.69) is 11.3 Å². The highest BCUT2D eigenvalue weighted by Crippen LogP contribution is 2.38. The number of rotatable bonds is 3. The van der Waals surface area contributed by atoms with Gasteiger partial charge < -0.3 is 23.9 Å². The molecule has 1 saturated heterocycles. The van der Waals surface area contributed by atoms with E-state index in [1.54, 1.807) is 30.3 Å². The maximum absolute atomic E-state index is 13.8. The number of carbonyl (C=O) groups is 1. The van der Waals surface area contributed by atoms with Gasteiger partial charge in [-0.1, -0.05) is 32.1 Å². The first-order valence-corrected chi connectivity index (χ1v) is 13.7. The number of carbonyl (C=O) groups excluding carboxylic acids is 1. The monoisotopic (exact) mass is 542 g/mol. The zero-order chi connectivity index (χ0) is 29.4. The fourth-order valence-corrected chi connectivity index (χ4v) is 4.60. The molecule has 39 heavy (non-hydrogen) atoms. The minimum atomic E-state index is -0.377. The number of hydrogen-bond donors (Lipinski definition) is 1. The van der Waals surface area contributed by atoms with E-state index in [1.165, 1.54) is 7.11 Å². The van der Waals surface area contributed by atoms with Crippen molar-refractivity contribution in [2.75, 3.05) is 13.7 Å². The number of ether oxygens (including phenoxy) is 2. The van der Waals surface area contributed by atoms with E-state index in [9.17, 15) is 14.3 Å². The number of allylic oxidation sites excluding steroid dienone is 1. The average Bonchev–Trinajstić information content (AvgIpc) is 3.58. The Morgan fingerprint density at radius 2 is 1.72 bits per heavy atom. The topological polar surface area (TPSA) is 74.2 Å². The molecule has 2 aliphatic heterocycles. The van der Waals surface area contributed by atoms with Gasteiger partial charge in [0.15, 0.2) is 0 Å². The first-order valence-electron chi connectivity index (χ1n) is 13.7. The molecule has 3 aliphatic rings. The molecule has 6 nitrogen and oxygen atoms in total. The van der Waals surface area contributed by atoms with Gasteiger partial charge in [-0.15, -0.1) is 6.58 Å². The number of hydrogen-bond acceptors (Lipinski definition) is 6. The van der Waals surface area contributed by atoms with Crippen molar-refractivity contribution in [3.63, 3.8) is 0 Å². The van der Waals surface area contributed by atoms with Crippen LogP contribution in [-0.2, 0) is 31.7 Å². The fourth-order valence-electron chi connectivity index (χ4n) is 4.60. The molecule has 2 heterocycles. The summed E-state index contributed by atoms with van der Waals surface area (Å²) in [5.74, 6) is 0.529. The molecule has 1 fully saturated rings. The van der Waals surface area contributed by atoms with Crippen LogP contribution in [-0.4, -0.2) is 43.1 Å². The van der Waals surface area contributed by atoms with Gasteiger partial charge >= 0.3 is 13.1 Å². The van der Waals surface area contributed by atoms with Gasteiger partial charge in [0.2, 0.25) is 0 Å². The quantitative estimate of drug-likeness (QED) is 0.280. The van der Waals surface area contributed by atoms with Crippen LogP contribution in [0.1, 0.15) is 83.9 Å². The average molecular weight is 542 g/mol. The lowest BCUT2D eigenvalue weighted by molar-refractivity contribution is -0.141. The maximum atomic E-state index is 13.8. The van der Waals surface area contributed by atoms with Gasteiger partial charge in [0.05, 0.1) is 31.3 Å². The van der Waals surface area contributed by atoms with E-state index in [1.807, 2.05) is 54.5 Å². The van der Waals surface area contributed by atoms with Crippen LogP contribution in [0.15, 0.2) is 43.0 Å². The van der Waals surface area contributed by atoms with E-state index in [4.69, 9.17) is 14.0 Å². The van der Waals surface area contributed by atoms with Crippen LogP contribution in [0.4, 0.5) is 4.39 Å². The lowest BCUT2D eigenvalue weighted by Crippen LogP contribution is -2.41. The molecule has 8 heteroatoms. The summed E-state index contributed by atoms with van der Waals surface area (Å²) >= 11 is 0. The number of benzene rings is 2. The molecule has 214 valence electrons. The van der Waals surface area contributed by atoms with Crippen molar-refractivity contribution < 1.29 is 33.1 Å². The lowest BCUT2D eigenvalue weighted by Gasteiger charge is -2.32. The predicted molar refractivity (Wildman–Crippen MR) is 154 cm³/mol. The second kappa shape index (κ2) is 14.0. The van der Waals surface area contributed by atoms with E-state index in [0.29, 0.717) is 18.8 Å². The number of phenolic OH excluding ortho intramolecular Hbond substituents is 1. The van der Waals surface area contributed by atoms with Gasteiger partial charge in [-0.3, -0.25) is 4.79 Å². The zero-order valence-electron chi connectivity index (χ0n) is 24.7. The molecule has 1 atom stereocenters. The van der Waals surface area contributed by atoms with E-state index < -0.39 is 0 Å². The van der Waals surface area contributed by atoms with Crippen molar-refractivity contribution in [1.29, 1.82) is 0 Å². The summed E-state index contributed by atoms with van der Waals surface area (Å²) in [7, 11) is 0.994. The van der Waals surface area contributed by atoms with Crippen LogP contribution in [0.3, 0.4) is 0 Å². The number of aromatic hydroxyl groups is 1. The highest BCUT2D eigenvalue weighted by Gasteiger charge is 2.52. The Kier molecular flexibility index (Phi) is 11.6. The molecule has 1 N–H and O–H groups in total. The van der Waals surface area contributed by atoms with Gasteiger partial charge in [-0.05, 0) is 82.6 Å². The highest BCUT2D eigenvalue weighted by atomic mass is 19.1. The van der Waals surface area contributed by atoms with Gasteiger partial charge in [0.1, 0.15) is 17.3 Å². The Morgan fingerprint density at radius 1 is 1.13 bits per heavy atom. The molecule has 0 aromatic heterocycles. The smallest absolute Gasteiger partial charge is 0.495 e.